The van der Waals surface area contributed by atoms with Gasteiger partial charge in [0, 0.05) is 12.6 Å². The quantitative estimate of drug-likeness (QED) is 0.724. The van der Waals surface area contributed by atoms with Gasteiger partial charge in [-0.2, -0.15) is 0 Å². The predicted molar refractivity (Wildman–Crippen MR) is 81.0 cm³/mol. The van der Waals surface area contributed by atoms with Crippen LogP contribution in [0.5, 0.6) is 0 Å². The Morgan fingerprint density at radius 2 is 2.14 bits per heavy atom. The lowest BCUT2D eigenvalue weighted by Gasteiger charge is -2.38. The topological polar surface area (TPSA) is 78.4 Å². The van der Waals surface area contributed by atoms with E-state index < -0.39 is 5.97 Å². The van der Waals surface area contributed by atoms with Crippen molar-refractivity contribution in [2.75, 3.05) is 13.1 Å². The van der Waals surface area contributed by atoms with E-state index in [1.807, 2.05) is 0 Å². The van der Waals surface area contributed by atoms with Crippen LogP contribution >= 0.6 is 0 Å². The first-order valence-corrected chi connectivity index (χ1v) is 8.32. The van der Waals surface area contributed by atoms with Crippen LogP contribution in [-0.2, 0) is 9.59 Å². The zero-order valence-electron chi connectivity index (χ0n) is 13.0. The van der Waals surface area contributed by atoms with Gasteiger partial charge in [0.15, 0.2) is 0 Å². The van der Waals surface area contributed by atoms with E-state index in [0.717, 1.165) is 58.0 Å². The lowest BCUT2D eigenvalue weighted by Crippen LogP contribution is -2.53. The van der Waals surface area contributed by atoms with Crippen LogP contribution in [0.25, 0.3) is 0 Å². The first-order chi connectivity index (χ1) is 10.1. The van der Waals surface area contributed by atoms with E-state index in [1.54, 1.807) is 0 Å². The Morgan fingerprint density at radius 3 is 2.76 bits per heavy atom. The first kappa shape index (κ1) is 16.3. The zero-order chi connectivity index (χ0) is 15.3. The Kier molecular flexibility index (Phi) is 5.62. The minimum atomic E-state index is -0.725. The summed E-state index contributed by atoms with van der Waals surface area (Å²) in [4.78, 5) is 23.9. The summed E-state index contributed by atoms with van der Waals surface area (Å²) in [5.74, 6) is -0.889. The van der Waals surface area contributed by atoms with Gasteiger partial charge in [0.2, 0.25) is 5.91 Å². The molecule has 3 atom stereocenters. The third kappa shape index (κ3) is 3.96. The Balaban J connectivity index is 1.96. The van der Waals surface area contributed by atoms with Crippen LogP contribution < -0.4 is 10.6 Å². The molecule has 3 N–H and O–H groups in total. The van der Waals surface area contributed by atoms with Crippen molar-refractivity contribution in [2.24, 2.45) is 11.3 Å². The van der Waals surface area contributed by atoms with E-state index in [4.69, 9.17) is 5.11 Å². The molecule has 0 aromatic carbocycles. The first-order valence-electron chi connectivity index (χ1n) is 8.32. The highest BCUT2D eigenvalue weighted by Crippen LogP contribution is 2.33. The van der Waals surface area contributed by atoms with Crippen molar-refractivity contribution >= 4 is 11.9 Å². The second-order valence-corrected chi connectivity index (χ2v) is 6.68. The van der Waals surface area contributed by atoms with E-state index in [9.17, 15) is 9.59 Å². The smallest absolute Gasteiger partial charge is 0.306 e. The highest BCUT2D eigenvalue weighted by Gasteiger charge is 2.40. The number of carboxylic acids is 1. The Morgan fingerprint density at radius 1 is 1.33 bits per heavy atom. The minimum Gasteiger partial charge on any atom is -0.481 e. The number of hydrogen-bond acceptors (Lipinski definition) is 3. The van der Waals surface area contributed by atoms with Crippen molar-refractivity contribution in [3.05, 3.63) is 0 Å². The molecular formula is C16H28N2O3. The lowest BCUT2D eigenvalue weighted by molar-refractivity contribution is -0.144. The van der Waals surface area contributed by atoms with Gasteiger partial charge in [-0.05, 0) is 45.1 Å². The lowest BCUT2D eigenvalue weighted by atomic mass is 9.75. The molecule has 5 nitrogen and oxygen atoms in total. The summed E-state index contributed by atoms with van der Waals surface area (Å²) in [6.45, 7) is 3.86. The molecule has 1 aliphatic carbocycles. The molecule has 0 aromatic heterocycles. The fraction of sp³-hybridized carbons (Fsp3) is 0.875. The van der Waals surface area contributed by atoms with Crippen LogP contribution in [0.4, 0.5) is 0 Å². The molecule has 5 heteroatoms. The molecule has 1 aliphatic heterocycles. The van der Waals surface area contributed by atoms with E-state index in [1.165, 1.54) is 0 Å². The van der Waals surface area contributed by atoms with Gasteiger partial charge < -0.3 is 15.7 Å². The number of carbonyl (C=O) groups excluding carboxylic acids is 1. The highest BCUT2D eigenvalue weighted by molar-refractivity contribution is 5.83. The largest absolute Gasteiger partial charge is 0.481 e. The molecule has 0 spiro atoms. The molecule has 0 aromatic rings. The van der Waals surface area contributed by atoms with Gasteiger partial charge in [0.25, 0.3) is 0 Å². The van der Waals surface area contributed by atoms with Gasteiger partial charge in [-0.15, -0.1) is 0 Å². The number of amides is 1. The number of carbonyl (C=O) groups is 2. The molecule has 1 saturated heterocycles. The summed E-state index contributed by atoms with van der Waals surface area (Å²) in [6, 6.07) is 0.0306. The Labute approximate surface area is 126 Å². The predicted octanol–water partition coefficient (Wildman–Crippen LogP) is 1.92. The monoisotopic (exact) mass is 296 g/mol. The van der Waals surface area contributed by atoms with Crippen molar-refractivity contribution in [1.82, 2.24) is 10.6 Å². The van der Waals surface area contributed by atoms with E-state index in [-0.39, 0.29) is 23.3 Å². The number of nitrogens with one attached hydrogen (secondary N) is 2. The number of hydrogen-bond donors (Lipinski definition) is 3. The Bertz CT molecular complexity index is 372. The molecule has 2 rings (SSSR count). The van der Waals surface area contributed by atoms with Crippen LogP contribution in [0.2, 0.25) is 0 Å². The summed E-state index contributed by atoms with van der Waals surface area (Å²) < 4.78 is 0. The molecule has 2 aliphatic rings. The minimum absolute atomic E-state index is 0.0306. The van der Waals surface area contributed by atoms with E-state index in [2.05, 4.69) is 17.6 Å². The molecule has 2 fully saturated rings. The van der Waals surface area contributed by atoms with Gasteiger partial charge in [-0.1, -0.05) is 19.8 Å². The molecule has 0 radical (unpaired) electrons. The van der Waals surface area contributed by atoms with Gasteiger partial charge in [0.05, 0.1) is 11.3 Å². The van der Waals surface area contributed by atoms with Crippen LogP contribution in [0.3, 0.4) is 0 Å². The van der Waals surface area contributed by atoms with Crippen LogP contribution in [-0.4, -0.2) is 36.1 Å². The fourth-order valence-electron chi connectivity index (χ4n) is 3.85. The van der Waals surface area contributed by atoms with Crippen LogP contribution in [0.15, 0.2) is 0 Å². The number of carboxylic acid groups (broad SMARTS) is 1. The fourth-order valence-corrected chi connectivity index (χ4v) is 3.85. The second-order valence-electron chi connectivity index (χ2n) is 6.68. The number of aliphatic carboxylic acids is 1. The van der Waals surface area contributed by atoms with E-state index >= 15 is 0 Å². The van der Waals surface area contributed by atoms with Crippen molar-refractivity contribution < 1.29 is 14.7 Å². The average Bonchev–Trinajstić information content (AvgIpc) is 2.48. The Hall–Kier alpha value is -1.10. The zero-order valence-corrected chi connectivity index (χ0v) is 13.0. The van der Waals surface area contributed by atoms with Gasteiger partial charge in [0.1, 0.15) is 0 Å². The summed E-state index contributed by atoms with van der Waals surface area (Å²) in [6.07, 6.45) is 7.00. The molecule has 1 saturated carbocycles. The van der Waals surface area contributed by atoms with Gasteiger partial charge in [-0.25, -0.2) is 0 Å². The molecule has 1 heterocycles. The van der Waals surface area contributed by atoms with E-state index in [0.29, 0.717) is 6.42 Å². The van der Waals surface area contributed by atoms with Crippen molar-refractivity contribution in [2.45, 2.75) is 64.3 Å². The second kappa shape index (κ2) is 7.25. The van der Waals surface area contributed by atoms with Crippen molar-refractivity contribution in [3.8, 4) is 0 Å². The van der Waals surface area contributed by atoms with Crippen LogP contribution in [0, 0.1) is 11.3 Å². The summed E-state index contributed by atoms with van der Waals surface area (Å²) in [5, 5.41) is 15.7. The molecule has 1 amide bonds. The molecule has 0 bridgehead atoms. The summed E-state index contributed by atoms with van der Waals surface area (Å²) in [5.41, 5.74) is -0.289. The maximum atomic E-state index is 12.8. The van der Waals surface area contributed by atoms with Crippen molar-refractivity contribution in [3.63, 3.8) is 0 Å². The standard InChI is InChI=1S/C16H28N2O3/c1-2-7-16(8-4-9-17-11-16)15(21)18-13-6-3-5-12(10-13)14(19)20/h12-13,17H,2-11H2,1H3,(H,18,21)(H,19,20). The third-order valence-corrected chi connectivity index (χ3v) is 5.04. The average molecular weight is 296 g/mol. The molecule has 120 valence electrons. The number of rotatable bonds is 5. The summed E-state index contributed by atoms with van der Waals surface area (Å²) >= 11 is 0. The third-order valence-electron chi connectivity index (χ3n) is 5.04. The van der Waals surface area contributed by atoms with Crippen LogP contribution in [0.1, 0.15) is 58.3 Å². The van der Waals surface area contributed by atoms with Crippen molar-refractivity contribution in [1.29, 1.82) is 0 Å². The summed E-state index contributed by atoms with van der Waals surface area (Å²) in [7, 11) is 0. The maximum absolute atomic E-state index is 12.8. The highest BCUT2D eigenvalue weighted by atomic mass is 16.4. The molecule has 21 heavy (non-hydrogen) atoms. The normalized spacial score (nSPS) is 33.4. The maximum Gasteiger partial charge on any atom is 0.306 e. The SMILES string of the molecule is CCCC1(C(=O)NC2CCCC(C(=O)O)C2)CCCNC1. The van der Waals surface area contributed by atoms with Gasteiger partial charge in [-0.3, -0.25) is 9.59 Å². The van der Waals surface area contributed by atoms with Gasteiger partial charge >= 0.3 is 5.97 Å². The molecule has 3 unspecified atom stereocenters. The molecular weight excluding hydrogens is 268 g/mol. The number of piperidine rings is 1.